The number of fused-ring (bicyclic) bond motifs is 2. The normalized spacial score (nSPS) is 26.3. The number of rotatable bonds is 9. The molecule has 5 saturated carbocycles. The van der Waals surface area contributed by atoms with Crippen molar-refractivity contribution < 1.29 is 35.9 Å². The van der Waals surface area contributed by atoms with Crippen LogP contribution in [-0.4, -0.2) is 18.1 Å². The van der Waals surface area contributed by atoms with Crippen molar-refractivity contribution in [2.45, 2.75) is 389 Å². The van der Waals surface area contributed by atoms with Crippen molar-refractivity contribution in [1.29, 1.82) is 0 Å². The van der Waals surface area contributed by atoms with Crippen LogP contribution in [0.25, 0.3) is 11.1 Å². The van der Waals surface area contributed by atoms with Crippen LogP contribution in [0.4, 0.5) is 26.3 Å². The van der Waals surface area contributed by atoms with E-state index in [0.717, 1.165) is 188 Å². The second kappa shape index (κ2) is 54.3. The maximum Gasteiger partial charge on any atom is 0.411 e. The Labute approximate surface area is 914 Å². The van der Waals surface area contributed by atoms with Gasteiger partial charge in [0.2, 0.25) is 5.41 Å². The van der Waals surface area contributed by atoms with Crippen LogP contribution in [0.15, 0.2) is 182 Å². The molecule has 2 bridgehead atoms. The Morgan fingerprint density at radius 2 is 0.533 bits per heavy atom. The molecule has 150 heavy (non-hydrogen) atoms. The molecule has 0 saturated heterocycles. The van der Waals surface area contributed by atoms with Crippen LogP contribution in [0.2, 0.25) is 0 Å². The molecular formula is C142H208F6O2. The minimum Gasteiger partial charge on any atom is -0.457 e. The summed E-state index contributed by atoms with van der Waals surface area (Å²) in [4.78, 5) is 12.4. The molecule has 830 valence electrons. The zero-order chi connectivity index (χ0) is 114. The molecule has 0 radical (unpaired) electrons. The Kier molecular flexibility index (Phi) is 47.1. The van der Waals surface area contributed by atoms with Crippen LogP contribution in [0.3, 0.4) is 0 Å². The fraction of sp³-hybridized carbons (Fsp3) is 0.585. The topological polar surface area (TPSA) is 26.3 Å². The van der Waals surface area contributed by atoms with Gasteiger partial charge in [0.05, 0.1) is 0 Å². The number of carbonyl (C=O) groups excluding carboxylic acids is 1. The molecule has 8 aliphatic rings. The number of ketones is 1. The average molecular weight is 2060 g/mol. The van der Waals surface area contributed by atoms with E-state index in [9.17, 15) is 31.1 Å². The lowest BCUT2D eigenvalue weighted by molar-refractivity contribution is -0.288. The van der Waals surface area contributed by atoms with E-state index in [1.54, 1.807) is 19.4 Å². The summed E-state index contributed by atoms with van der Waals surface area (Å²) in [6, 6.07) is 48.3. The number of ether oxygens (including phenoxy) is 1. The van der Waals surface area contributed by atoms with Crippen LogP contribution in [0.1, 0.15) is 371 Å². The third-order valence-corrected chi connectivity index (χ3v) is 42.0. The molecule has 8 heteroatoms. The highest BCUT2D eigenvalue weighted by Crippen LogP contribution is 2.77. The number of allylic oxidation sites excluding steroid dienone is 4. The molecule has 17 rings (SSSR count). The van der Waals surface area contributed by atoms with Crippen molar-refractivity contribution in [3.05, 3.63) is 315 Å². The molecular weight excluding hydrogens is 1850 g/mol. The number of aryl methyl sites for hydroxylation is 20. The van der Waals surface area contributed by atoms with E-state index in [1.807, 2.05) is 62.4 Å². The molecule has 9 aromatic carbocycles. The Morgan fingerprint density at radius 1 is 0.287 bits per heavy atom. The second-order valence-corrected chi connectivity index (χ2v) is 51.6. The number of hydrogen-bond acceptors (Lipinski definition) is 2. The van der Waals surface area contributed by atoms with E-state index in [0.29, 0.717) is 43.9 Å². The summed E-state index contributed by atoms with van der Waals surface area (Å²) >= 11 is 0. The van der Waals surface area contributed by atoms with Gasteiger partial charge >= 0.3 is 12.4 Å². The highest BCUT2D eigenvalue weighted by molar-refractivity contribution is 6.09. The van der Waals surface area contributed by atoms with Gasteiger partial charge in [-0.15, -0.1) is 0 Å². The highest BCUT2D eigenvalue weighted by Gasteiger charge is 2.73. The number of carbonyl (C=O) groups is 1. The number of alkyl halides is 6. The van der Waals surface area contributed by atoms with Gasteiger partial charge in [-0.25, -0.2) is 0 Å². The van der Waals surface area contributed by atoms with Crippen molar-refractivity contribution in [2.75, 3.05) is 0 Å². The maximum absolute atomic E-state index is 14.0. The van der Waals surface area contributed by atoms with E-state index < -0.39 is 28.9 Å². The van der Waals surface area contributed by atoms with Gasteiger partial charge in [-0.2, -0.15) is 26.3 Å². The maximum atomic E-state index is 14.0. The first-order chi connectivity index (χ1) is 69.1. The summed E-state index contributed by atoms with van der Waals surface area (Å²) in [7, 11) is 0. The molecule has 0 aromatic heterocycles. The molecule has 5 fully saturated rings. The number of hydrogen-bond donors (Lipinski definition) is 0. The summed E-state index contributed by atoms with van der Waals surface area (Å²) in [5.74, 6) is 22.3. The monoisotopic (exact) mass is 2060 g/mol. The van der Waals surface area contributed by atoms with Gasteiger partial charge in [0.15, 0.2) is 5.78 Å². The summed E-state index contributed by atoms with van der Waals surface area (Å²) in [5.41, 5.74) is 24.7. The van der Waals surface area contributed by atoms with Crippen LogP contribution in [-0.2, 0) is 5.41 Å². The van der Waals surface area contributed by atoms with Crippen LogP contribution in [0, 0.1) is 290 Å². The van der Waals surface area contributed by atoms with Crippen molar-refractivity contribution in [3.8, 4) is 22.6 Å². The number of halogens is 6. The Hall–Kier alpha value is -8.49. The van der Waals surface area contributed by atoms with Gasteiger partial charge in [-0.05, 0) is 493 Å². The fourth-order valence-corrected chi connectivity index (χ4v) is 24.1. The minimum absolute atomic E-state index is 0.0983. The zero-order valence-corrected chi connectivity index (χ0v) is 104. The fourth-order valence-electron chi connectivity index (χ4n) is 24.1. The molecule has 0 amide bonds. The number of benzene rings is 9. The van der Waals surface area contributed by atoms with Gasteiger partial charge in [0.1, 0.15) is 11.5 Å². The first-order valence-electron chi connectivity index (χ1n) is 57.5. The third kappa shape index (κ3) is 31.3. The van der Waals surface area contributed by atoms with Crippen molar-refractivity contribution in [3.63, 3.8) is 0 Å². The standard InChI is InChI=1S/C19H18F6.C17H18O.C16H18O.C16H18.C13H24.C12H20.C12H24.C10H20.C10H14.C9H18.C8H16/c1-11-5-7-15(9-13(11)3)17(18(20,21)22,19(23,24)25)16-8-6-12(2)14(4)10-16;1-11-5-7-15(9-13(11)3)17(18)16-8-6-12(2)14(4)10-16;1-11-5-7-15(9-13(11)3)17-16-8-6-12(2)14(4)10-16;1-11-5-7-15(9-13(11)3)16-8-6-12(2)14(4)10-16;1-6-9(2)13-7-10(3)12(5)11(4)8-13;1-7-8(2)12-6-5-11(7)9(3)10(12)4;1-9(2)10(3,4)12(7,8)11(9,5)6;2*1-7-5-9(3)10(4)6-8(7)2;1-6-5-7(2)9(4)8(6)3;1-5-6(2)8(4)7(5)3/h5-10H,1-4H3;5-10H,1-4H3;5-10H,1-4H3;5-10H,1-4H3;7,9,11-13H,6,8H2,1-5H3;5-12H,1-4H3;1-8H3;7-10H,5-6H2,1-4H3;5-6H,1-4H3;6-9H,5H2,1-4H3;5-8H,1-4H3. The lowest BCUT2D eigenvalue weighted by atomic mass is 9.28. The van der Waals surface area contributed by atoms with Crippen molar-refractivity contribution >= 4 is 5.78 Å². The molecule has 8 aliphatic carbocycles. The quantitative estimate of drug-likeness (QED) is 0.0818. The van der Waals surface area contributed by atoms with Crippen LogP contribution in [0.5, 0.6) is 11.5 Å². The summed E-state index contributed by atoms with van der Waals surface area (Å²) in [6.07, 6.45) is 3.43. The van der Waals surface area contributed by atoms with E-state index in [1.165, 1.54) is 147 Å². The largest absolute Gasteiger partial charge is 0.457 e. The van der Waals surface area contributed by atoms with Gasteiger partial charge in [-0.3, -0.25) is 4.79 Å². The minimum atomic E-state index is -5.55. The predicted octanol–water partition coefficient (Wildman–Crippen LogP) is 43.2. The average Bonchev–Trinajstić information content (AvgIpc) is 0.685. The van der Waals surface area contributed by atoms with Gasteiger partial charge < -0.3 is 4.74 Å². The van der Waals surface area contributed by atoms with Crippen LogP contribution >= 0.6 is 0 Å². The Bertz CT molecular complexity index is 5480. The zero-order valence-electron chi connectivity index (χ0n) is 104. The van der Waals surface area contributed by atoms with Crippen molar-refractivity contribution in [1.82, 2.24) is 0 Å². The van der Waals surface area contributed by atoms with Gasteiger partial charge in [0, 0.05) is 11.1 Å². The molecule has 9 aromatic rings. The Balaban J connectivity index is 0.000000255. The third-order valence-electron chi connectivity index (χ3n) is 42.0. The molecule has 16 atom stereocenters. The lowest BCUT2D eigenvalue weighted by Crippen LogP contribution is -2.70. The first-order valence-corrected chi connectivity index (χ1v) is 57.5. The van der Waals surface area contributed by atoms with E-state index >= 15 is 0 Å². The van der Waals surface area contributed by atoms with Crippen LogP contribution < -0.4 is 4.74 Å². The Morgan fingerprint density at radius 3 is 0.773 bits per heavy atom. The van der Waals surface area contributed by atoms with Gasteiger partial charge in [-0.1, -0.05) is 345 Å². The molecule has 2 nitrogen and oxygen atoms in total. The lowest BCUT2D eigenvalue weighted by Gasteiger charge is -2.76. The summed E-state index contributed by atoms with van der Waals surface area (Å²) < 4.78 is 89.8. The van der Waals surface area contributed by atoms with E-state index in [-0.39, 0.29) is 5.78 Å². The molecule has 16 unspecified atom stereocenters. The highest BCUT2D eigenvalue weighted by atomic mass is 19.4. The van der Waals surface area contributed by atoms with Gasteiger partial charge in [0.25, 0.3) is 0 Å². The van der Waals surface area contributed by atoms with E-state index in [2.05, 4.69) is 389 Å². The molecule has 0 N–H and O–H groups in total. The van der Waals surface area contributed by atoms with E-state index in [4.69, 9.17) is 4.74 Å². The SMILES string of the molecule is CC1(C)C(C)(C)C(C)(C)C1(C)C.CC1C(C)C(C)C1C.CC1C(C)C2C=CC1C(C)C2C.CC1CC(C)C(C)C1C.CC1CC(C)C(C)CC1C.CCC(C)C1C=C(C)C(C)C(C)C1.Cc1cc(C)c(C)cc1C.Cc1ccc(-c2ccc(C)c(C)c2)cc1C.Cc1ccc(C(=O)c2ccc(C)c(C)c2)cc1C.Cc1ccc(C(c2ccc(C)c(C)c2)(C(F)(F)F)C(F)(F)F)cc1C.Cc1ccc(Oc2ccc(C)c(C)c2)cc1C. The molecule has 0 heterocycles. The molecule has 0 aliphatic heterocycles. The summed E-state index contributed by atoms with van der Waals surface area (Å²) in [6.45, 7) is 109. The van der Waals surface area contributed by atoms with Crippen molar-refractivity contribution in [2.24, 2.45) is 152 Å². The summed E-state index contributed by atoms with van der Waals surface area (Å²) in [5, 5.41) is 0. The first kappa shape index (κ1) is 130. The smallest absolute Gasteiger partial charge is 0.411 e. The molecule has 0 spiro atoms. The predicted molar refractivity (Wildman–Crippen MR) is 639 cm³/mol. The second-order valence-electron chi connectivity index (χ2n) is 51.6.